The maximum atomic E-state index is 12.2. The molecule has 0 unspecified atom stereocenters. The highest BCUT2D eigenvalue weighted by molar-refractivity contribution is 7.99. The standard InChI is InChI=1S/C14H19N5O2S/c1-10-11(5-8-21-10)13-16-17-14(19(13)15)22-9-12(20)18-6-3-2-4-7-18/h5,8H,2-4,6-7,9,15H2,1H3. The molecule has 2 aromatic rings. The number of likely N-dealkylation sites (tertiary alicyclic amines) is 1. The number of hydrogen-bond donors (Lipinski definition) is 1. The number of rotatable bonds is 4. The maximum absolute atomic E-state index is 12.2. The van der Waals surface area contributed by atoms with Crippen LogP contribution in [0, 0.1) is 6.92 Å². The molecule has 0 saturated carbocycles. The van der Waals surface area contributed by atoms with E-state index in [1.165, 1.54) is 22.9 Å². The summed E-state index contributed by atoms with van der Waals surface area (Å²) >= 11 is 1.32. The van der Waals surface area contributed by atoms with Crippen LogP contribution in [0.5, 0.6) is 0 Å². The molecule has 7 nitrogen and oxygen atoms in total. The molecule has 0 aromatic carbocycles. The predicted octanol–water partition coefficient (Wildman–Crippen LogP) is 1.66. The fraction of sp³-hybridized carbons (Fsp3) is 0.500. The van der Waals surface area contributed by atoms with Gasteiger partial charge in [-0.3, -0.25) is 4.79 Å². The number of piperidine rings is 1. The molecule has 1 saturated heterocycles. The molecule has 0 atom stereocenters. The molecule has 3 rings (SSSR count). The van der Waals surface area contributed by atoms with Crippen LogP contribution in [0.2, 0.25) is 0 Å². The molecular weight excluding hydrogens is 302 g/mol. The lowest BCUT2D eigenvalue weighted by atomic mass is 10.1. The zero-order valence-corrected chi connectivity index (χ0v) is 13.3. The van der Waals surface area contributed by atoms with Crippen molar-refractivity contribution in [2.75, 3.05) is 24.7 Å². The first-order chi connectivity index (χ1) is 10.7. The Morgan fingerprint density at radius 1 is 1.36 bits per heavy atom. The van der Waals surface area contributed by atoms with Crippen LogP contribution in [0.15, 0.2) is 21.9 Å². The number of carbonyl (C=O) groups is 1. The summed E-state index contributed by atoms with van der Waals surface area (Å²) < 4.78 is 6.67. The molecule has 22 heavy (non-hydrogen) atoms. The zero-order valence-electron chi connectivity index (χ0n) is 12.5. The highest BCUT2D eigenvalue weighted by atomic mass is 32.2. The molecule has 118 valence electrons. The van der Waals surface area contributed by atoms with Gasteiger partial charge in [0.15, 0.2) is 5.82 Å². The summed E-state index contributed by atoms with van der Waals surface area (Å²) in [7, 11) is 0. The van der Waals surface area contributed by atoms with Crippen molar-refractivity contribution in [3.05, 3.63) is 18.1 Å². The highest BCUT2D eigenvalue weighted by Crippen LogP contribution is 2.25. The molecule has 0 radical (unpaired) electrons. The topological polar surface area (TPSA) is 90.2 Å². The lowest BCUT2D eigenvalue weighted by Gasteiger charge is -2.26. The van der Waals surface area contributed by atoms with Crippen molar-refractivity contribution in [1.82, 2.24) is 19.8 Å². The maximum Gasteiger partial charge on any atom is 0.233 e. The van der Waals surface area contributed by atoms with Gasteiger partial charge in [0.2, 0.25) is 11.1 Å². The van der Waals surface area contributed by atoms with E-state index in [0.717, 1.165) is 37.3 Å². The van der Waals surface area contributed by atoms with Gasteiger partial charge in [-0.05, 0) is 32.3 Å². The summed E-state index contributed by atoms with van der Waals surface area (Å²) in [5.41, 5.74) is 0.809. The number of nitrogens with two attached hydrogens (primary N) is 1. The zero-order chi connectivity index (χ0) is 15.5. The van der Waals surface area contributed by atoms with Crippen LogP contribution in [0.25, 0.3) is 11.4 Å². The number of carbonyl (C=O) groups excluding carboxylic acids is 1. The van der Waals surface area contributed by atoms with Crippen LogP contribution in [0.1, 0.15) is 25.0 Å². The van der Waals surface area contributed by atoms with Gasteiger partial charge >= 0.3 is 0 Å². The first kappa shape index (κ1) is 15.0. The van der Waals surface area contributed by atoms with Crippen LogP contribution >= 0.6 is 11.8 Å². The fourth-order valence-corrected chi connectivity index (χ4v) is 3.30. The number of aryl methyl sites for hydroxylation is 1. The molecule has 8 heteroatoms. The first-order valence-corrected chi connectivity index (χ1v) is 8.31. The summed E-state index contributed by atoms with van der Waals surface area (Å²) in [5.74, 6) is 7.78. The van der Waals surface area contributed by atoms with Crippen LogP contribution in [0.3, 0.4) is 0 Å². The predicted molar refractivity (Wildman–Crippen MR) is 83.8 cm³/mol. The Balaban J connectivity index is 1.65. The minimum absolute atomic E-state index is 0.133. The van der Waals surface area contributed by atoms with E-state index in [-0.39, 0.29) is 5.91 Å². The van der Waals surface area contributed by atoms with E-state index in [1.54, 1.807) is 12.3 Å². The molecule has 3 heterocycles. The lowest BCUT2D eigenvalue weighted by Crippen LogP contribution is -2.36. The molecule has 1 aliphatic heterocycles. The normalized spacial score (nSPS) is 15.2. The number of amides is 1. The van der Waals surface area contributed by atoms with E-state index in [4.69, 9.17) is 10.3 Å². The smallest absolute Gasteiger partial charge is 0.233 e. The Kier molecular flexibility index (Phi) is 4.37. The average Bonchev–Trinajstić information content (AvgIpc) is 3.11. The van der Waals surface area contributed by atoms with Gasteiger partial charge in [0.1, 0.15) is 5.76 Å². The monoisotopic (exact) mass is 321 g/mol. The number of nitrogen functional groups attached to an aromatic ring is 1. The third-order valence-corrected chi connectivity index (χ3v) is 4.73. The Hall–Kier alpha value is -1.96. The van der Waals surface area contributed by atoms with E-state index >= 15 is 0 Å². The molecular formula is C14H19N5O2S. The average molecular weight is 321 g/mol. The van der Waals surface area contributed by atoms with E-state index in [1.807, 2.05) is 11.8 Å². The Morgan fingerprint density at radius 3 is 2.82 bits per heavy atom. The third-order valence-electron chi connectivity index (χ3n) is 3.80. The minimum Gasteiger partial charge on any atom is -0.469 e. The van der Waals surface area contributed by atoms with Crippen molar-refractivity contribution in [3.8, 4) is 11.4 Å². The Labute approximate surface area is 132 Å². The van der Waals surface area contributed by atoms with Gasteiger partial charge in [-0.15, -0.1) is 10.2 Å². The van der Waals surface area contributed by atoms with Gasteiger partial charge < -0.3 is 15.2 Å². The molecule has 0 bridgehead atoms. The van der Waals surface area contributed by atoms with Crippen molar-refractivity contribution in [3.63, 3.8) is 0 Å². The van der Waals surface area contributed by atoms with E-state index in [0.29, 0.717) is 16.7 Å². The summed E-state index contributed by atoms with van der Waals surface area (Å²) in [5, 5.41) is 8.69. The molecule has 1 aliphatic rings. The van der Waals surface area contributed by atoms with Crippen LogP contribution in [0.4, 0.5) is 0 Å². The number of aromatic nitrogens is 3. The molecule has 1 fully saturated rings. The minimum atomic E-state index is 0.133. The number of thioether (sulfide) groups is 1. The van der Waals surface area contributed by atoms with Crippen LogP contribution in [-0.4, -0.2) is 44.5 Å². The Morgan fingerprint density at radius 2 is 2.14 bits per heavy atom. The quantitative estimate of drug-likeness (QED) is 0.680. The number of nitrogens with zero attached hydrogens (tertiary/aromatic N) is 4. The van der Waals surface area contributed by atoms with Crippen LogP contribution in [-0.2, 0) is 4.79 Å². The first-order valence-electron chi connectivity index (χ1n) is 7.32. The van der Waals surface area contributed by atoms with Gasteiger partial charge in [0.25, 0.3) is 0 Å². The van der Waals surface area contributed by atoms with Crippen molar-refractivity contribution in [2.24, 2.45) is 0 Å². The Bertz CT molecular complexity index is 660. The molecule has 2 aromatic heterocycles. The SMILES string of the molecule is Cc1occc1-c1nnc(SCC(=O)N2CCCCC2)n1N. The van der Waals surface area contributed by atoms with Gasteiger partial charge in [-0.2, -0.15) is 0 Å². The molecule has 1 amide bonds. The van der Waals surface area contributed by atoms with Crippen LogP contribution < -0.4 is 5.84 Å². The second-order valence-electron chi connectivity index (χ2n) is 5.30. The summed E-state index contributed by atoms with van der Waals surface area (Å²) in [6.07, 6.45) is 4.98. The fourth-order valence-electron chi connectivity index (χ4n) is 2.54. The number of hydrogen-bond acceptors (Lipinski definition) is 6. The lowest BCUT2D eigenvalue weighted by molar-refractivity contribution is -0.129. The summed E-state index contributed by atoms with van der Waals surface area (Å²) in [6.45, 7) is 3.55. The van der Waals surface area contributed by atoms with Gasteiger partial charge in [-0.1, -0.05) is 11.8 Å². The van der Waals surface area contributed by atoms with Gasteiger partial charge in [0, 0.05) is 13.1 Å². The second-order valence-corrected chi connectivity index (χ2v) is 6.24. The summed E-state index contributed by atoms with van der Waals surface area (Å²) in [4.78, 5) is 14.1. The van der Waals surface area contributed by atoms with Crippen molar-refractivity contribution >= 4 is 17.7 Å². The molecule has 0 spiro atoms. The van der Waals surface area contributed by atoms with Crippen molar-refractivity contribution < 1.29 is 9.21 Å². The highest BCUT2D eigenvalue weighted by Gasteiger charge is 2.19. The van der Waals surface area contributed by atoms with E-state index in [9.17, 15) is 4.79 Å². The second kappa shape index (κ2) is 6.43. The van der Waals surface area contributed by atoms with E-state index < -0.39 is 0 Å². The molecule has 2 N–H and O–H groups in total. The molecule has 0 aliphatic carbocycles. The van der Waals surface area contributed by atoms with Crippen molar-refractivity contribution in [2.45, 2.75) is 31.3 Å². The number of furan rings is 1. The van der Waals surface area contributed by atoms with Crippen molar-refractivity contribution in [1.29, 1.82) is 0 Å². The van der Waals surface area contributed by atoms with E-state index in [2.05, 4.69) is 10.2 Å². The summed E-state index contributed by atoms with van der Waals surface area (Å²) in [6, 6.07) is 1.80. The van der Waals surface area contributed by atoms with Gasteiger partial charge in [-0.25, -0.2) is 4.68 Å². The largest absolute Gasteiger partial charge is 0.469 e. The van der Waals surface area contributed by atoms with Gasteiger partial charge in [0.05, 0.1) is 17.6 Å². The third kappa shape index (κ3) is 2.96.